The molecule has 1 amide bonds. The third-order valence-electron chi connectivity index (χ3n) is 11.6. The molecule has 0 aromatic heterocycles. The van der Waals surface area contributed by atoms with Gasteiger partial charge >= 0.3 is 0 Å². The highest BCUT2D eigenvalue weighted by molar-refractivity contribution is 5.90. The maximum atomic E-state index is 13.5. The predicted octanol–water partition coefficient (Wildman–Crippen LogP) is 5.42. The van der Waals surface area contributed by atoms with Crippen LogP contribution in [0.3, 0.4) is 0 Å². The molecule has 8 heteroatoms. The Morgan fingerprint density at radius 2 is 1.71 bits per heavy atom. The van der Waals surface area contributed by atoms with Crippen molar-refractivity contribution in [3.05, 3.63) is 29.6 Å². The van der Waals surface area contributed by atoms with Crippen LogP contribution in [0.15, 0.2) is 12.1 Å². The van der Waals surface area contributed by atoms with Gasteiger partial charge in [0.1, 0.15) is 0 Å². The number of fused-ring (bicyclic) bond motifs is 5. The second kappa shape index (κ2) is 10.1. The Kier molecular flexibility index (Phi) is 7.40. The van der Waals surface area contributed by atoms with Crippen molar-refractivity contribution in [1.82, 2.24) is 0 Å². The standard InChI is InChI=1S/C30H42F3NO4/c1-15(4-7-26(38)34-17-12-22(31)28(33)23(32)13-17)19-5-6-20-27-21(14-25(37)30(19,20)3)29(2)9-8-18(35)10-16(29)11-24(27)36/h12-13,15-16,18-21,24-25,27,35-37H,4-11,14H2,1-3H3,(H,34,38)/t15-,16+,18-,19-,20+,21+,24-,25+,27+,29+,30-/m1/s1. The van der Waals surface area contributed by atoms with Crippen LogP contribution in [-0.2, 0) is 4.79 Å². The first kappa shape index (κ1) is 27.9. The molecule has 38 heavy (non-hydrogen) atoms. The maximum Gasteiger partial charge on any atom is 0.224 e. The number of carbonyl (C=O) groups is 1. The van der Waals surface area contributed by atoms with Crippen LogP contribution in [0.4, 0.5) is 18.9 Å². The first-order valence-corrected chi connectivity index (χ1v) is 14.3. The van der Waals surface area contributed by atoms with E-state index >= 15 is 0 Å². The maximum absolute atomic E-state index is 13.5. The number of aliphatic hydroxyl groups is 3. The Morgan fingerprint density at radius 1 is 1.03 bits per heavy atom. The molecule has 0 spiro atoms. The highest BCUT2D eigenvalue weighted by Gasteiger charge is 2.65. The van der Waals surface area contributed by atoms with Gasteiger partial charge in [0.2, 0.25) is 5.91 Å². The molecule has 4 aliphatic rings. The van der Waals surface area contributed by atoms with E-state index in [2.05, 4.69) is 26.1 Å². The quantitative estimate of drug-likeness (QED) is 0.378. The zero-order valence-corrected chi connectivity index (χ0v) is 22.6. The monoisotopic (exact) mass is 537 g/mol. The van der Waals surface area contributed by atoms with E-state index in [9.17, 15) is 33.3 Å². The van der Waals surface area contributed by atoms with E-state index < -0.39 is 35.6 Å². The predicted molar refractivity (Wildman–Crippen MR) is 137 cm³/mol. The molecule has 5 rings (SSSR count). The van der Waals surface area contributed by atoms with Crippen LogP contribution in [-0.4, -0.2) is 39.5 Å². The zero-order valence-electron chi connectivity index (χ0n) is 22.6. The van der Waals surface area contributed by atoms with E-state index in [0.29, 0.717) is 19.3 Å². The van der Waals surface area contributed by atoms with Gasteiger partial charge in [-0.1, -0.05) is 20.8 Å². The Morgan fingerprint density at radius 3 is 2.39 bits per heavy atom. The van der Waals surface area contributed by atoms with Gasteiger partial charge in [-0.3, -0.25) is 4.79 Å². The van der Waals surface area contributed by atoms with Crippen molar-refractivity contribution in [2.75, 3.05) is 5.32 Å². The fourth-order valence-corrected chi connectivity index (χ4v) is 9.54. The van der Waals surface area contributed by atoms with Crippen LogP contribution in [0.5, 0.6) is 0 Å². The smallest absolute Gasteiger partial charge is 0.224 e. The Balaban J connectivity index is 1.27. The summed E-state index contributed by atoms with van der Waals surface area (Å²) in [5.41, 5.74) is -0.459. The van der Waals surface area contributed by atoms with Gasteiger partial charge in [0.05, 0.1) is 18.3 Å². The number of aliphatic hydroxyl groups excluding tert-OH is 3. The summed E-state index contributed by atoms with van der Waals surface area (Å²) in [6, 6.07) is 1.54. The summed E-state index contributed by atoms with van der Waals surface area (Å²) < 4.78 is 40.2. The SMILES string of the molecule is C[C@H](CCC(=O)Nc1cc(F)c(F)c(F)c1)[C@H]1CC[C@H]2[C@@H]3[C@H](O)C[C@@H]4C[C@H](O)CC[C@]4(C)[C@H]3C[C@H](O)[C@]12C. The van der Waals surface area contributed by atoms with E-state index in [4.69, 9.17) is 0 Å². The van der Waals surface area contributed by atoms with Gasteiger partial charge in [-0.05, 0) is 97.7 Å². The molecule has 0 aliphatic heterocycles. The first-order chi connectivity index (χ1) is 17.9. The lowest BCUT2D eigenvalue weighted by Crippen LogP contribution is -2.62. The summed E-state index contributed by atoms with van der Waals surface area (Å²) in [6.07, 6.45) is 5.12. The van der Waals surface area contributed by atoms with Crippen LogP contribution in [0.25, 0.3) is 0 Å². The molecular formula is C30H42F3NO4. The molecule has 212 valence electrons. The Labute approximate surface area is 223 Å². The lowest BCUT2D eigenvalue weighted by atomic mass is 9.43. The summed E-state index contributed by atoms with van der Waals surface area (Å²) in [5, 5.41) is 35.8. The van der Waals surface area contributed by atoms with Gasteiger partial charge in [0.25, 0.3) is 0 Å². The average molecular weight is 538 g/mol. The largest absolute Gasteiger partial charge is 0.393 e. The number of halogens is 3. The number of hydrogen-bond donors (Lipinski definition) is 4. The minimum Gasteiger partial charge on any atom is -0.393 e. The molecule has 0 radical (unpaired) electrons. The molecular weight excluding hydrogens is 495 g/mol. The van der Waals surface area contributed by atoms with Crippen LogP contribution < -0.4 is 5.32 Å². The molecule has 1 aromatic carbocycles. The summed E-state index contributed by atoms with van der Waals surface area (Å²) in [4.78, 5) is 12.5. The second-order valence-corrected chi connectivity index (χ2v) is 13.3. The first-order valence-electron chi connectivity index (χ1n) is 14.3. The van der Waals surface area contributed by atoms with Crippen LogP contribution in [0.1, 0.15) is 78.6 Å². The lowest BCUT2D eigenvalue weighted by Gasteiger charge is -2.63. The lowest BCUT2D eigenvalue weighted by molar-refractivity contribution is -0.207. The molecule has 0 unspecified atom stereocenters. The number of benzene rings is 1. The highest BCUT2D eigenvalue weighted by Crippen LogP contribution is 2.68. The molecule has 11 atom stereocenters. The van der Waals surface area contributed by atoms with Gasteiger partial charge in [-0.25, -0.2) is 13.2 Å². The third kappa shape index (κ3) is 4.48. The Bertz CT molecular complexity index is 1050. The van der Waals surface area contributed by atoms with E-state index in [0.717, 1.165) is 44.2 Å². The van der Waals surface area contributed by atoms with Gasteiger partial charge in [-0.2, -0.15) is 0 Å². The highest BCUT2D eigenvalue weighted by atomic mass is 19.2. The number of anilines is 1. The molecule has 4 fully saturated rings. The molecule has 4 saturated carbocycles. The number of rotatable bonds is 5. The van der Waals surface area contributed by atoms with Gasteiger partial charge < -0.3 is 20.6 Å². The molecule has 0 saturated heterocycles. The van der Waals surface area contributed by atoms with Crippen molar-refractivity contribution in [1.29, 1.82) is 0 Å². The van der Waals surface area contributed by atoms with E-state index in [1.165, 1.54) is 0 Å². The van der Waals surface area contributed by atoms with Gasteiger partial charge in [0, 0.05) is 24.2 Å². The van der Waals surface area contributed by atoms with Crippen molar-refractivity contribution in [2.45, 2.75) is 96.9 Å². The number of hydrogen-bond acceptors (Lipinski definition) is 4. The fraction of sp³-hybridized carbons (Fsp3) is 0.767. The summed E-state index contributed by atoms with van der Waals surface area (Å²) >= 11 is 0. The molecule has 0 bridgehead atoms. The van der Waals surface area contributed by atoms with Crippen molar-refractivity contribution in [2.24, 2.45) is 46.3 Å². The van der Waals surface area contributed by atoms with E-state index in [1.807, 2.05) is 0 Å². The van der Waals surface area contributed by atoms with Crippen LogP contribution >= 0.6 is 0 Å². The molecule has 1 aromatic rings. The van der Waals surface area contributed by atoms with E-state index in [-0.39, 0.29) is 64.5 Å². The second-order valence-electron chi connectivity index (χ2n) is 13.3. The van der Waals surface area contributed by atoms with Crippen LogP contribution in [0.2, 0.25) is 0 Å². The van der Waals surface area contributed by atoms with Crippen molar-refractivity contribution >= 4 is 11.6 Å². The Hall–Kier alpha value is -1.64. The third-order valence-corrected chi connectivity index (χ3v) is 11.6. The van der Waals surface area contributed by atoms with Gasteiger partial charge in [-0.15, -0.1) is 0 Å². The summed E-state index contributed by atoms with van der Waals surface area (Å²) in [5.74, 6) is -3.53. The van der Waals surface area contributed by atoms with E-state index in [1.54, 1.807) is 0 Å². The normalized spacial score (nSPS) is 43.1. The minimum atomic E-state index is -1.57. The molecule has 0 heterocycles. The minimum absolute atomic E-state index is 0.0204. The molecule has 4 aliphatic carbocycles. The van der Waals surface area contributed by atoms with Gasteiger partial charge in [0.15, 0.2) is 17.5 Å². The topological polar surface area (TPSA) is 89.8 Å². The van der Waals surface area contributed by atoms with Crippen molar-refractivity contribution in [3.8, 4) is 0 Å². The molecule has 5 nitrogen and oxygen atoms in total. The molecule has 4 N–H and O–H groups in total. The average Bonchev–Trinajstić information content (AvgIpc) is 3.21. The number of amides is 1. The van der Waals surface area contributed by atoms with Crippen molar-refractivity contribution < 1.29 is 33.3 Å². The summed E-state index contributed by atoms with van der Waals surface area (Å²) in [6.45, 7) is 6.58. The fourth-order valence-electron chi connectivity index (χ4n) is 9.54. The zero-order chi connectivity index (χ0) is 27.6. The summed E-state index contributed by atoms with van der Waals surface area (Å²) in [7, 11) is 0. The number of carbonyl (C=O) groups excluding carboxylic acids is 1. The van der Waals surface area contributed by atoms with Crippen molar-refractivity contribution in [3.63, 3.8) is 0 Å². The van der Waals surface area contributed by atoms with Crippen LogP contribution in [0, 0.1) is 63.8 Å². The number of nitrogens with one attached hydrogen (secondary N) is 1.